The second-order valence-electron chi connectivity index (χ2n) is 8.19. The van der Waals surface area contributed by atoms with Crippen LogP contribution in [0.3, 0.4) is 0 Å². The van der Waals surface area contributed by atoms with Gasteiger partial charge in [0, 0.05) is 37.1 Å². The van der Waals surface area contributed by atoms with Crippen LogP contribution in [0, 0.1) is 0 Å². The van der Waals surface area contributed by atoms with Gasteiger partial charge in [0.2, 0.25) is 16.0 Å². The van der Waals surface area contributed by atoms with Gasteiger partial charge in [-0.25, -0.2) is 23.1 Å². The molecule has 1 aliphatic heterocycles. The molecule has 0 amide bonds. The van der Waals surface area contributed by atoms with E-state index >= 15 is 0 Å². The Morgan fingerprint density at radius 3 is 2.47 bits per heavy atom. The number of rotatable bonds is 11. The van der Waals surface area contributed by atoms with Crippen LogP contribution in [0.2, 0.25) is 0 Å². The molecule has 0 unspecified atom stereocenters. The molecule has 1 fully saturated rings. The number of nitrogens with one attached hydrogen (secondary N) is 2. The molecular weight excluding hydrogens is 482 g/mol. The summed E-state index contributed by atoms with van der Waals surface area (Å²) >= 11 is 0. The zero-order chi connectivity index (χ0) is 25.4. The number of morpholine rings is 1. The summed E-state index contributed by atoms with van der Waals surface area (Å²) in [5, 5.41) is 3.12. The number of hydrogen-bond acceptors (Lipinski definition) is 9. The molecule has 0 saturated carbocycles. The lowest BCUT2D eigenvalue weighted by atomic mass is 10.1. The quantitative estimate of drug-likeness (QED) is 0.374. The van der Waals surface area contributed by atoms with Crippen molar-refractivity contribution < 1.29 is 22.6 Å². The third-order valence-electron chi connectivity index (χ3n) is 5.80. The molecule has 1 saturated heterocycles. The first-order valence-corrected chi connectivity index (χ1v) is 13.2. The van der Waals surface area contributed by atoms with Crippen molar-refractivity contribution in [2.24, 2.45) is 0 Å². The molecule has 11 heteroatoms. The van der Waals surface area contributed by atoms with Gasteiger partial charge in [-0.05, 0) is 61.5 Å². The van der Waals surface area contributed by atoms with Crippen LogP contribution < -0.4 is 19.5 Å². The van der Waals surface area contributed by atoms with E-state index in [2.05, 4.69) is 24.9 Å². The molecule has 2 aromatic carbocycles. The number of aromatic nitrogens is 2. The lowest BCUT2D eigenvalue weighted by Crippen LogP contribution is -2.38. The van der Waals surface area contributed by atoms with Gasteiger partial charge in [-0.1, -0.05) is 0 Å². The van der Waals surface area contributed by atoms with Gasteiger partial charge in [0.05, 0.1) is 38.0 Å². The van der Waals surface area contributed by atoms with Crippen molar-refractivity contribution in [2.75, 3.05) is 58.9 Å². The van der Waals surface area contributed by atoms with Crippen LogP contribution in [0.25, 0.3) is 11.3 Å². The van der Waals surface area contributed by atoms with Gasteiger partial charge < -0.3 is 19.5 Å². The van der Waals surface area contributed by atoms with Gasteiger partial charge in [-0.2, -0.15) is 0 Å². The van der Waals surface area contributed by atoms with Gasteiger partial charge in [0.1, 0.15) is 0 Å². The molecule has 0 radical (unpaired) electrons. The number of nitrogens with zero attached hydrogens (tertiary/aromatic N) is 3. The first-order valence-electron chi connectivity index (χ1n) is 11.7. The third kappa shape index (κ3) is 6.70. The third-order valence-corrected chi connectivity index (χ3v) is 7.28. The Morgan fingerprint density at radius 2 is 1.75 bits per heavy atom. The lowest BCUT2D eigenvalue weighted by Gasteiger charge is -2.26. The van der Waals surface area contributed by atoms with Gasteiger partial charge in [-0.15, -0.1) is 0 Å². The van der Waals surface area contributed by atoms with Crippen LogP contribution in [0.15, 0.2) is 59.6 Å². The standard InChI is InChI=1S/C25H31N5O5S/c1-33-23-9-4-19(18-24(23)34-2)22-10-12-26-25(29-22)28-20-5-7-21(8-6-20)36(31,32)27-11-3-13-30-14-16-35-17-15-30/h4-10,12,18,27H,3,11,13-17H2,1-2H3,(H,26,28,29). The number of benzene rings is 2. The fraction of sp³-hybridized carbons (Fsp3) is 0.360. The summed E-state index contributed by atoms with van der Waals surface area (Å²) in [4.78, 5) is 11.3. The Kier molecular flexibility index (Phi) is 8.70. The normalized spacial score (nSPS) is 14.4. The second kappa shape index (κ2) is 12.1. The highest BCUT2D eigenvalue weighted by molar-refractivity contribution is 7.89. The van der Waals surface area contributed by atoms with E-state index in [0.29, 0.717) is 35.4 Å². The predicted molar refractivity (Wildman–Crippen MR) is 137 cm³/mol. The summed E-state index contributed by atoms with van der Waals surface area (Å²) in [6.07, 6.45) is 2.40. The Hall–Kier alpha value is -3.25. The maximum absolute atomic E-state index is 12.6. The molecule has 4 rings (SSSR count). The van der Waals surface area contributed by atoms with Crippen molar-refractivity contribution in [1.29, 1.82) is 0 Å². The monoisotopic (exact) mass is 513 g/mol. The molecular formula is C25H31N5O5S. The van der Waals surface area contributed by atoms with Crippen LogP contribution in [0.1, 0.15) is 6.42 Å². The summed E-state index contributed by atoms with van der Waals surface area (Å²) in [6, 6.07) is 13.9. The number of ether oxygens (including phenoxy) is 3. The largest absolute Gasteiger partial charge is 0.493 e. The van der Waals surface area contributed by atoms with Crippen molar-refractivity contribution in [3.8, 4) is 22.8 Å². The fourth-order valence-corrected chi connectivity index (χ4v) is 4.91. The smallest absolute Gasteiger partial charge is 0.240 e. The number of hydrogen-bond donors (Lipinski definition) is 2. The van der Waals surface area contributed by atoms with Crippen LogP contribution in [0.4, 0.5) is 11.6 Å². The average Bonchev–Trinajstić information content (AvgIpc) is 2.92. The first kappa shape index (κ1) is 25.8. The summed E-state index contributed by atoms with van der Waals surface area (Å²) < 4.78 is 44.0. The Bertz CT molecular complexity index is 1250. The van der Waals surface area contributed by atoms with E-state index in [1.54, 1.807) is 50.7 Å². The van der Waals surface area contributed by atoms with Crippen molar-refractivity contribution in [3.05, 3.63) is 54.7 Å². The maximum Gasteiger partial charge on any atom is 0.240 e. The molecule has 2 heterocycles. The highest BCUT2D eigenvalue weighted by Crippen LogP contribution is 2.31. The van der Waals surface area contributed by atoms with E-state index in [1.165, 1.54) is 0 Å². The van der Waals surface area contributed by atoms with Crippen molar-refractivity contribution in [1.82, 2.24) is 19.6 Å². The first-order chi connectivity index (χ1) is 17.5. The topological polar surface area (TPSA) is 115 Å². The zero-order valence-corrected chi connectivity index (χ0v) is 21.3. The minimum atomic E-state index is -3.58. The molecule has 0 aliphatic carbocycles. The minimum absolute atomic E-state index is 0.208. The lowest BCUT2D eigenvalue weighted by molar-refractivity contribution is 0.0376. The van der Waals surface area contributed by atoms with E-state index in [4.69, 9.17) is 14.2 Å². The molecule has 36 heavy (non-hydrogen) atoms. The summed E-state index contributed by atoms with van der Waals surface area (Å²) in [5.41, 5.74) is 2.22. The average molecular weight is 514 g/mol. The summed E-state index contributed by atoms with van der Waals surface area (Å²) in [6.45, 7) is 4.48. The van der Waals surface area contributed by atoms with Crippen LogP contribution >= 0.6 is 0 Å². The number of anilines is 2. The van der Waals surface area contributed by atoms with E-state index < -0.39 is 10.0 Å². The zero-order valence-electron chi connectivity index (χ0n) is 20.4. The van der Waals surface area contributed by atoms with E-state index in [9.17, 15) is 8.42 Å². The molecule has 1 aromatic heterocycles. The SMILES string of the molecule is COc1ccc(-c2ccnc(Nc3ccc(S(=O)(=O)NCCCN4CCOCC4)cc3)n2)cc1OC. The summed E-state index contributed by atoms with van der Waals surface area (Å²) in [5.74, 6) is 1.63. The van der Waals surface area contributed by atoms with Crippen LogP contribution in [0.5, 0.6) is 11.5 Å². The van der Waals surface area contributed by atoms with Crippen LogP contribution in [-0.2, 0) is 14.8 Å². The number of sulfonamides is 1. The Balaban J connectivity index is 1.36. The second-order valence-corrected chi connectivity index (χ2v) is 9.96. The van der Waals surface area contributed by atoms with E-state index in [1.807, 2.05) is 18.2 Å². The van der Waals surface area contributed by atoms with E-state index in [-0.39, 0.29) is 4.90 Å². The van der Waals surface area contributed by atoms with Crippen molar-refractivity contribution in [3.63, 3.8) is 0 Å². The Morgan fingerprint density at radius 1 is 1.00 bits per heavy atom. The highest BCUT2D eigenvalue weighted by atomic mass is 32.2. The minimum Gasteiger partial charge on any atom is -0.493 e. The molecule has 0 atom stereocenters. The molecule has 192 valence electrons. The molecule has 0 spiro atoms. The molecule has 3 aromatic rings. The summed E-state index contributed by atoms with van der Waals surface area (Å²) in [7, 11) is -0.413. The van der Waals surface area contributed by atoms with E-state index in [0.717, 1.165) is 44.8 Å². The van der Waals surface area contributed by atoms with Gasteiger partial charge in [-0.3, -0.25) is 4.90 Å². The molecule has 2 N–H and O–H groups in total. The number of methoxy groups -OCH3 is 2. The van der Waals surface area contributed by atoms with Gasteiger partial charge >= 0.3 is 0 Å². The highest BCUT2D eigenvalue weighted by Gasteiger charge is 2.15. The molecule has 1 aliphatic rings. The van der Waals surface area contributed by atoms with Crippen LogP contribution in [-0.4, -0.2) is 76.9 Å². The van der Waals surface area contributed by atoms with Crippen molar-refractivity contribution >= 4 is 21.7 Å². The fourth-order valence-electron chi connectivity index (χ4n) is 3.84. The molecule has 10 nitrogen and oxygen atoms in total. The Labute approximate surface area is 211 Å². The van der Waals surface area contributed by atoms with Gasteiger partial charge in [0.25, 0.3) is 0 Å². The van der Waals surface area contributed by atoms with Crippen molar-refractivity contribution in [2.45, 2.75) is 11.3 Å². The molecule has 0 bridgehead atoms. The predicted octanol–water partition coefficient (Wildman–Crippen LogP) is 2.91. The van der Waals surface area contributed by atoms with Gasteiger partial charge in [0.15, 0.2) is 11.5 Å². The maximum atomic E-state index is 12.6.